The van der Waals surface area contributed by atoms with E-state index in [9.17, 15) is 4.79 Å². The second-order valence-electron chi connectivity index (χ2n) is 7.27. The molecule has 0 spiro atoms. The van der Waals surface area contributed by atoms with Gasteiger partial charge in [-0.25, -0.2) is 0 Å². The van der Waals surface area contributed by atoms with Crippen molar-refractivity contribution in [1.82, 2.24) is 9.80 Å². The average Bonchev–Trinajstić information content (AvgIpc) is 2.62. The Morgan fingerprint density at radius 1 is 0.840 bits per heavy atom. The molecule has 2 aromatic rings. The minimum Gasteiger partial charge on any atom is -0.336 e. The summed E-state index contributed by atoms with van der Waals surface area (Å²) in [6.45, 7) is 3.78. The van der Waals surface area contributed by atoms with Crippen LogP contribution in [0.2, 0.25) is 0 Å². The van der Waals surface area contributed by atoms with E-state index in [1.165, 1.54) is 30.4 Å². The highest BCUT2D eigenvalue weighted by Crippen LogP contribution is 2.25. The maximum Gasteiger partial charge on any atom is 0.253 e. The molecule has 0 bridgehead atoms. The lowest BCUT2D eigenvalue weighted by atomic mass is 9.91. The summed E-state index contributed by atoms with van der Waals surface area (Å²) in [5.41, 5.74) is 3.36. The van der Waals surface area contributed by atoms with E-state index in [2.05, 4.69) is 41.3 Å². The number of benzene rings is 2. The summed E-state index contributed by atoms with van der Waals surface area (Å²) < 4.78 is 0. The van der Waals surface area contributed by atoms with Crippen molar-refractivity contribution in [2.75, 3.05) is 26.2 Å². The number of carbonyl (C=O) groups is 1. The Kier molecular flexibility index (Phi) is 4.84. The van der Waals surface area contributed by atoms with Gasteiger partial charge in [-0.15, -0.1) is 0 Å². The molecule has 0 atom stereocenters. The van der Waals surface area contributed by atoms with Crippen molar-refractivity contribution in [3.63, 3.8) is 0 Å². The van der Waals surface area contributed by atoms with Crippen molar-refractivity contribution in [2.45, 2.75) is 31.7 Å². The minimum absolute atomic E-state index is 0.180. The number of hydrogen-bond acceptors (Lipinski definition) is 2. The second kappa shape index (κ2) is 7.40. The second-order valence-corrected chi connectivity index (χ2v) is 7.27. The Morgan fingerprint density at radius 3 is 2.08 bits per heavy atom. The fourth-order valence-electron chi connectivity index (χ4n) is 3.82. The third-order valence-corrected chi connectivity index (χ3v) is 5.64. The number of amides is 1. The van der Waals surface area contributed by atoms with Crippen molar-refractivity contribution < 1.29 is 4.79 Å². The number of rotatable bonds is 4. The molecule has 1 heterocycles. The van der Waals surface area contributed by atoms with Crippen LogP contribution in [0.15, 0.2) is 54.6 Å². The van der Waals surface area contributed by atoms with Crippen molar-refractivity contribution in [2.24, 2.45) is 0 Å². The normalized spacial score (nSPS) is 18.8. The van der Waals surface area contributed by atoms with Gasteiger partial charge in [0.1, 0.15) is 0 Å². The predicted molar refractivity (Wildman–Crippen MR) is 101 cm³/mol. The topological polar surface area (TPSA) is 23.6 Å². The Morgan fingerprint density at radius 2 is 1.48 bits per heavy atom. The number of nitrogens with zero attached hydrogens (tertiary/aromatic N) is 2. The first-order valence-corrected chi connectivity index (χ1v) is 9.46. The molecule has 0 aromatic heterocycles. The molecule has 4 rings (SSSR count). The lowest BCUT2D eigenvalue weighted by molar-refractivity contribution is 0.0455. The first kappa shape index (κ1) is 16.3. The molecule has 3 heteroatoms. The Balaban J connectivity index is 1.34. The first-order chi connectivity index (χ1) is 12.3. The van der Waals surface area contributed by atoms with Gasteiger partial charge in [-0.1, -0.05) is 48.9 Å². The van der Waals surface area contributed by atoms with Crippen LogP contribution in [0.25, 0.3) is 0 Å². The molecule has 1 aliphatic carbocycles. The molecule has 1 saturated heterocycles. The van der Waals surface area contributed by atoms with E-state index in [1.54, 1.807) is 0 Å². The monoisotopic (exact) mass is 334 g/mol. The summed E-state index contributed by atoms with van der Waals surface area (Å²) in [7, 11) is 0. The lowest BCUT2D eigenvalue weighted by Gasteiger charge is -2.42. The maximum absolute atomic E-state index is 12.7. The summed E-state index contributed by atoms with van der Waals surface area (Å²) >= 11 is 0. The quantitative estimate of drug-likeness (QED) is 0.853. The van der Waals surface area contributed by atoms with Crippen LogP contribution in [0.4, 0.5) is 0 Å². The Hall–Kier alpha value is -2.13. The van der Waals surface area contributed by atoms with Gasteiger partial charge in [-0.2, -0.15) is 0 Å². The average molecular weight is 334 g/mol. The van der Waals surface area contributed by atoms with Crippen molar-refractivity contribution in [3.05, 3.63) is 71.3 Å². The molecule has 2 aliphatic rings. The molecular weight excluding hydrogens is 308 g/mol. The molecule has 130 valence electrons. The van der Waals surface area contributed by atoms with E-state index in [0.717, 1.165) is 44.2 Å². The molecular formula is C22H26N2O. The highest BCUT2D eigenvalue weighted by atomic mass is 16.2. The fourth-order valence-corrected chi connectivity index (χ4v) is 3.82. The van der Waals surface area contributed by atoms with E-state index in [1.807, 2.05) is 23.1 Å². The standard InChI is InChI=1S/C22H26N2O/c25-22(24-15-13-23(14-16-24)21-7-4-8-21)20-11-9-19(10-12-20)17-18-5-2-1-3-6-18/h1-3,5-6,9-12,21H,4,7-8,13-17H2. The van der Waals surface area contributed by atoms with E-state index < -0.39 is 0 Å². The van der Waals surface area contributed by atoms with Crippen molar-refractivity contribution in [1.29, 1.82) is 0 Å². The summed E-state index contributed by atoms with van der Waals surface area (Å²) in [4.78, 5) is 17.3. The zero-order valence-electron chi connectivity index (χ0n) is 14.7. The van der Waals surface area contributed by atoms with Crippen LogP contribution in [0.5, 0.6) is 0 Å². The highest BCUT2D eigenvalue weighted by Gasteiger charge is 2.29. The van der Waals surface area contributed by atoms with Gasteiger partial charge in [0.25, 0.3) is 5.91 Å². The smallest absolute Gasteiger partial charge is 0.253 e. The first-order valence-electron chi connectivity index (χ1n) is 9.46. The van der Waals surface area contributed by atoms with Crippen LogP contribution in [-0.2, 0) is 6.42 Å². The summed E-state index contributed by atoms with van der Waals surface area (Å²) in [6.07, 6.45) is 4.97. The summed E-state index contributed by atoms with van der Waals surface area (Å²) in [6, 6.07) is 19.4. The zero-order chi connectivity index (χ0) is 17.1. The van der Waals surface area contributed by atoms with E-state index >= 15 is 0 Å². The largest absolute Gasteiger partial charge is 0.336 e. The Labute approximate surface area is 150 Å². The van der Waals surface area contributed by atoms with Crippen LogP contribution < -0.4 is 0 Å². The van der Waals surface area contributed by atoms with Gasteiger partial charge < -0.3 is 4.90 Å². The SMILES string of the molecule is O=C(c1ccc(Cc2ccccc2)cc1)N1CCN(C2CCC2)CC1. The van der Waals surface area contributed by atoms with Gasteiger partial charge in [0, 0.05) is 37.8 Å². The van der Waals surface area contributed by atoms with Gasteiger partial charge >= 0.3 is 0 Å². The van der Waals surface area contributed by atoms with Crippen molar-refractivity contribution >= 4 is 5.91 Å². The fraction of sp³-hybridized carbons (Fsp3) is 0.409. The van der Waals surface area contributed by atoms with E-state index in [0.29, 0.717) is 0 Å². The van der Waals surface area contributed by atoms with Crippen molar-refractivity contribution in [3.8, 4) is 0 Å². The maximum atomic E-state index is 12.7. The van der Waals surface area contributed by atoms with E-state index in [-0.39, 0.29) is 5.91 Å². The molecule has 1 saturated carbocycles. The molecule has 1 amide bonds. The molecule has 0 N–H and O–H groups in total. The molecule has 25 heavy (non-hydrogen) atoms. The predicted octanol–water partition coefficient (Wildman–Crippen LogP) is 3.59. The zero-order valence-corrected chi connectivity index (χ0v) is 14.7. The Bertz CT molecular complexity index is 699. The van der Waals surface area contributed by atoms with Gasteiger partial charge in [-0.3, -0.25) is 9.69 Å². The number of piperazine rings is 1. The van der Waals surface area contributed by atoms with Gasteiger partial charge in [0.05, 0.1) is 0 Å². The van der Waals surface area contributed by atoms with Crippen LogP contribution >= 0.6 is 0 Å². The summed E-state index contributed by atoms with van der Waals surface area (Å²) in [5.74, 6) is 0.180. The lowest BCUT2D eigenvalue weighted by Crippen LogP contribution is -2.53. The van der Waals surface area contributed by atoms with Gasteiger partial charge in [0.2, 0.25) is 0 Å². The molecule has 3 nitrogen and oxygen atoms in total. The molecule has 2 fully saturated rings. The third-order valence-electron chi connectivity index (χ3n) is 5.64. The molecule has 0 radical (unpaired) electrons. The summed E-state index contributed by atoms with van der Waals surface area (Å²) in [5, 5.41) is 0. The van der Waals surface area contributed by atoms with Crippen LogP contribution in [0.1, 0.15) is 40.7 Å². The number of carbonyl (C=O) groups excluding carboxylic acids is 1. The highest BCUT2D eigenvalue weighted by molar-refractivity contribution is 5.94. The third kappa shape index (κ3) is 3.77. The molecule has 2 aromatic carbocycles. The van der Waals surface area contributed by atoms with Gasteiger partial charge in [-0.05, 0) is 42.5 Å². The van der Waals surface area contributed by atoms with Crippen LogP contribution in [-0.4, -0.2) is 47.9 Å². The molecule has 1 aliphatic heterocycles. The van der Waals surface area contributed by atoms with Crippen LogP contribution in [0, 0.1) is 0 Å². The minimum atomic E-state index is 0.180. The van der Waals surface area contributed by atoms with E-state index in [4.69, 9.17) is 0 Å². The van der Waals surface area contributed by atoms with Crippen LogP contribution in [0.3, 0.4) is 0 Å². The number of hydrogen-bond donors (Lipinski definition) is 0. The van der Waals surface area contributed by atoms with Gasteiger partial charge in [0.15, 0.2) is 0 Å². The molecule has 0 unspecified atom stereocenters.